The Labute approximate surface area is 161 Å². The molecule has 2 aromatic rings. The summed E-state index contributed by atoms with van der Waals surface area (Å²) >= 11 is 0. The number of nitrogens with two attached hydrogens (primary N) is 1. The summed E-state index contributed by atoms with van der Waals surface area (Å²) in [6, 6.07) is 9.02. The normalized spacial score (nSPS) is 10.6. The second kappa shape index (κ2) is 9.65. The molecular weight excluding hydrogens is 366 g/mol. The lowest BCUT2D eigenvalue weighted by molar-refractivity contribution is -0.147. The highest BCUT2D eigenvalue weighted by Gasteiger charge is 2.23. The van der Waals surface area contributed by atoms with Gasteiger partial charge in [0.25, 0.3) is 5.56 Å². The molecule has 0 fully saturated rings. The summed E-state index contributed by atoms with van der Waals surface area (Å²) in [5.41, 5.74) is 4.99. The SMILES string of the molecule is CCOCC(=O)OCC(=O)c1c(N)n(Cc2ccccc2)c(=O)n(CC)c1=O. The fourth-order valence-corrected chi connectivity index (χ4v) is 2.62. The van der Waals surface area contributed by atoms with Crippen molar-refractivity contribution >= 4 is 17.6 Å². The molecule has 28 heavy (non-hydrogen) atoms. The Balaban J connectivity index is 2.39. The Kier molecular flexibility index (Phi) is 7.28. The van der Waals surface area contributed by atoms with E-state index in [4.69, 9.17) is 15.2 Å². The van der Waals surface area contributed by atoms with Crippen LogP contribution in [0.1, 0.15) is 29.8 Å². The van der Waals surface area contributed by atoms with Crippen LogP contribution in [0.25, 0.3) is 0 Å². The first-order valence-corrected chi connectivity index (χ1v) is 8.84. The number of nitrogen functional groups attached to an aromatic ring is 1. The lowest BCUT2D eigenvalue weighted by Crippen LogP contribution is -2.44. The van der Waals surface area contributed by atoms with Crippen LogP contribution in [0.2, 0.25) is 0 Å². The van der Waals surface area contributed by atoms with Crippen molar-refractivity contribution in [3.63, 3.8) is 0 Å². The van der Waals surface area contributed by atoms with Crippen molar-refractivity contribution in [3.05, 3.63) is 62.3 Å². The van der Waals surface area contributed by atoms with Crippen LogP contribution in [0, 0.1) is 0 Å². The van der Waals surface area contributed by atoms with Crippen LogP contribution < -0.4 is 17.0 Å². The molecule has 0 aliphatic heterocycles. The fraction of sp³-hybridized carbons (Fsp3) is 0.368. The first kappa shape index (κ1) is 21.1. The summed E-state index contributed by atoms with van der Waals surface area (Å²) in [6.07, 6.45) is 0. The van der Waals surface area contributed by atoms with E-state index in [0.29, 0.717) is 6.61 Å². The number of carbonyl (C=O) groups is 2. The van der Waals surface area contributed by atoms with Crippen molar-refractivity contribution in [2.45, 2.75) is 26.9 Å². The second-order valence-corrected chi connectivity index (χ2v) is 5.88. The third-order valence-electron chi connectivity index (χ3n) is 4.03. The van der Waals surface area contributed by atoms with Crippen molar-refractivity contribution in [1.82, 2.24) is 9.13 Å². The molecule has 0 atom stereocenters. The summed E-state index contributed by atoms with van der Waals surface area (Å²) in [6.45, 7) is 2.84. The Bertz CT molecular complexity index is 962. The van der Waals surface area contributed by atoms with Gasteiger partial charge in [-0.15, -0.1) is 0 Å². The zero-order chi connectivity index (χ0) is 20.7. The first-order valence-electron chi connectivity index (χ1n) is 8.84. The minimum absolute atomic E-state index is 0.0666. The number of esters is 1. The highest BCUT2D eigenvalue weighted by molar-refractivity contribution is 6.01. The highest BCUT2D eigenvalue weighted by Crippen LogP contribution is 2.10. The number of Topliss-reactive ketones (excluding diaryl/α,β-unsaturated/α-hetero) is 1. The van der Waals surface area contributed by atoms with E-state index in [2.05, 4.69) is 0 Å². The molecule has 2 rings (SSSR count). The number of aromatic nitrogens is 2. The largest absolute Gasteiger partial charge is 0.456 e. The summed E-state index contributed by atoms with van der Waals surface area (Å²) in [4.78, 5) is 49.3. The van der Waals surface area contributed by atoms with Crippen LogP contribution in [-0.4, -0.2) is 40.7 Å². The van der Waals surface area contributed by atoms with Gasteiger partial charge in [-0.25, -0.2) is 9.59 Å². The third-order valence-corrected chi connectivity index (χ3v) is 4.03. The van der Waals surface area contributed by atoms with Crippen LogP contribution in [0.15, 0.2) is 39.9 Å². The lowest BCUT2D eigenvalue weighted by atomic mass is 10.2. The van der Waals surface area contributed by atoms with Gasteiger partial charge in [-0.05, 0) is 19.4 Å². The molecule has 0 spiro atoms. The quantitative estimate of drug-likeness (QED) is 0.487. The van der Waals surface area contributed by atoms with Gasteiger partial charge in [-0.2, -0.15) is 0 Å². The second-order valence-electron chi connectivity index (χ2n) is 5.88. The van der Waals surface area contributed by atoms with Crippen molar-refractivity contribution in [2.75, 3.05) is 25.6 Å². The van der Waals surface area contributed by atoms with E-state index in [1.165, 1.54) is 0 Å². The first-order chi connectivity index (χ1) is 13.4. The maximum absolute atomic E-state index is 12.6. The molecule has 0 radical (unpaired) electrons. The average molecular weight is 389 g/mol. The fourth-order valence-electron chi connectivity index (χ4n) is 2.62. The molecule has 9 heteroatoms. The Morgan fingerprint density at radius 2 is 1.71 bits per heavy atom. The predicted molar refractivity (Wildman–Crippen MR) is 102 cm³/mol. The molecule has 0 saturated heterocycles. The maximum atomic E-state index is 12.6. The summed E-state index contributed by atoms with van der Waals surface area (Å²) in [5, 5.41) is 0. The number of anilines is 1. The van der Waals surface area contributed by atoms with Gasteiger partial charge in [-0.1, -0.05) is 30.3 Å². The molecule has 2 N–H and O–H groups in total. The molecule has 150 valence electrons. The lowest BCUT2D eigenvalue weighted by Gasteiger charge is -2.15. The van der Waals surface area contributed by atoms with E-state index in [1.54, 1.807) is 38.1 Å². The van der Waals surface area contributed by atoms with E-state index >= 15 is 0 Å². The molecule has 0 bridgehead atoms. The van der Waals surface area contributed by atoms with Gasteiger partial charge in [0.1, 0.15) is 18.0 Å². The summed E-state index contributed by atoms with van der Waals surface area (Å²) in [5.74, 6) is -1.77. The van der Waals surface area contributed by atoms with E-state index < -0.39 is 29.6 Å². The molecule has 0 aliphatic rings. The maximum Gasteiger partial charge on any atom is 0.332 e. The zero-order valence-corrected chi connectivity index (χ0v) is 15.8. The zero-order valence-electron chi connectivity index (χ0n) is 15.8. The van der Waals surface area contributed by atoms with E-state index in [9.17, 15) is 19.2 Å². The minimum atomic E-state index is -0.805. The predicted octanol–water partition coefficient (Wildman–Crippen LogP) is 0.423. The Morgan fingerprint density at radius 1 is 1.04 bits per heavy atom. The smallest absolute Gasteiger partial charge is 0.332 e. The molecule has 0 saturated carbocycles. The molecular formula is C19H23N3O6. The van der Waals surface area contributed by atoms with Gasteiger partial charge < -0.3 is 15.2 Å². The van der Waals surface area contributed by atoms with Crippen LogP contribution in [0.5, 0.6) is 0 Å². The van der Waals surface area contributed by atoms with E-state index in [0.717, 1.165) is 14.7 Å². The number of hydrogen-bond donors (Lipinski definition) is 1. The van der Waals surface area contributed by atoms with Crippen molar-refractivity contribution in [3.8, 4) is 0 Å². The van der Waals surface area contributed by atoms with Crippen LogP contribution in [0.3, 0.4) is 0 Å². The van der Waals surface area contributed by atoms with Crippen molar-refractivity contribution in [2.24, 2.45) is 0 Å². The third kappa shape index (κ3) is 4.74. The molecule has 1 heterocycles. The number of rotatable bonds is 9. The van der Waals surface area contributed by atoms with Crippen LogP contribution in [-0.2, 0) is 27.4 Å². The Hall–Kier alpha value is -3.20. The number of carbonyl (C=O) groups excluding carboxylic acids is 2. The van der Waals surface area contributed by atoms with Crippen molar-refractivity contribution in [1.29, 1.82) is 0 Å². The number of ether oxygens (including phenoxy) is 2. The molecule has 9 nitrogen and oxygen atoms in total. The molecule has 1 aromatic heterocycles. The molecule has 0 aliphatic carbocycles. The Morgan fingerprint density at radius 3 is 2.32 bits per heavy atom. The molecule has 1 aromatic carbocycles. The van der Waals surface area contributed by atoms with Gasteiger partial charge in [-0.3, -0.25) is 18.7 Å². The highest BCUT2D eigenvalue weighted by atomic mass is 16.6. The summed E-state index contributed by atoms with van der Waals surface area (Å²) < 4.78 is 11.8. The van der Waals surface area contributed by atoms with Gasteiger partial charge in [0.15, 0.2) is 6.61 Å². The van der Waals surface area contributed by atoms with Gasteiger partial charge in [0, 0.05) is 13.2 Å². The molecule has 0 unspecified atom stereocenters. The topological polar surface area (TPSA) is 123 Å². The van der Waals surface area contributed by atoms with E-state index in [-0.39, 0.29) is 31.1 Å². The number of nitrogens with zero attached hydrogens (tertiary/aromatic N) is 2. The van der Waals surface area contributed by atoms with Gasteiger partial charge in [0.05, 0.1) is 6.54 Å². The van der Waals surface area contributed by atoms with Gasteiger partial charge >= 0.3 is 11.7 Å². The van der Waals surface area contributed by atoms with Crippen LogP contribution in [0.4, 0.5) is 5.82 Å². The number of benzene rings is 1. The van der Waals surface area contributed by atoms with E-state index in [1.807, 2.05) is 6.07 Å². The van der Waals surface area contributed by atoms with Crippen LogP contribution >= 0.6 is 0 Å². The van der Waals surface area contributed by atoms with Crippen molar-refractivity contribution < 1.29 is 19.1 Å². The number of ketones is 1. The summed E-state index contributed by atoms with van der Waals surface area (Å²) in [7, 11) is 0. The minimum Gasteiger partial charge on any atom is -0.456 e. The standard InChI is InChI=1S/C19H23N3O6/c1-3-21-18(25)16(14(23)11-28-15(24)12-27-4-2)17(20)22(19(21)26)10-13-8-6-5-7-9-13/h5-9H,3-4,10-12,20H2,1-2H3. The number of hydrogen-bond acceptors (Lipinski definition) is 7. The molecule has 0 amide bonds. The monoisotopic (exact) mass is 389 g/mol. The average Bonchev–Trinajstić information content (AvgIpc) is 2.69. The van der Waals surface area contributed by atoms with Gasteiger partial charge in [0.2, 0.25) is 5.78 Å².